The summed E-state index contributed by atoms with van der Waals surface area (Å²) in [6.45, 7) is 7.12. The lowest BCUT2D eigenvalue weighted by Crippen LogP contribution is -2.37. The molecule has 1 atom stereocenters. The molecule has 0 saturated carbocycles. The van der Waals surface area contributed by atoms with E-state index in [-0.39, 0.29) is 11.6 Å². The number of thiophene rings is 1. The second-order valence-electron chi connectivity index (χ2n) is 5.14. The molecule has 0 fully saturated rings. The Labute approximate surface area is 112 Å². The maximum Gasteiger partial charge on any atom is 0.0809 e. The number of hydrogen-bond acceptors (Lipinski definition) is 4. The van der Waals surface area contributed by atoms with Crippen LogP contribution in [-0.4, -0.2) is 24.2 Å². The summed E-state index contributed by atoms with van der Waals surface area (Å²) >= 11 is 1.73. The van der Waals surface area contributed by atoms with Crippen molar-refractivity contribution in [1.29, 1.82) is 0 Å². The molecule has 2 rings (SSSR count). The number of rotatable bonds is 5. The largest absolute Gasteiger partial charge is 0.377 e. The molecule has 3 nitrogen and oxygen atoms in total. The van der Waals surface area contributed by atoms with Crippen LogP contribution < -0.4 is 5.32 Å². The molecule has 0 aromatic carbocycles. The smallest absolute Gasteiger partial charge is 0.0809 e. The lowest BCUT2D eigenvalue weighted by molar-refractivity contribution is 0.0214. The van der Waals surface area contributed by atoms with Gasteiger partial charge in [-0.3, -0.25) is 4.98 Å². The van der Waals surface area contributed by atoms with Gasteiger partial charge in [-0.1, -0.05) is 0 Å². The average molecular weight is 264 g/mol. The third-order valence-corrected chi connectivity index (χ3v) is 4.06. The van der Waals surface area contributed by atoms with E-state index in [9.17, 15) is 0 Å². The minimum Gasteiger partial charge on any atom is -0.377 e. The molecule has 0 radical (unpaired) electrons. The van der Waals surface area contributed by atoms with Crippen molar-refractivity contribution in [2.24, 2.45) is 0 Å². The van der Waals surface area contributed by atoms with Crippen molar-refractivity contribution < 1.29 is 4.74 Å². The summed E-state index contributed by atoms with van der Waals surface area (Å²) in [5.74, 6) is 0. The molecule has 2 heterocycles. The zero-order valence-electron chi connectivity index (χ0n) is 11.4. The summed E-state index contributed by atoms with van der Waals surface area (Å²) in [6.07, 6.45) is 1.95. The normalized spacial score (nSPS) is 14.0. The molecule has 0 aliphatic rings. The standard InChI is InChI=1S/C14H20N2OS/c1-10(16-9-14(2,3)17-4)11-7-13-12(15-8-11)5-6-18-13/h5-8,10,16H,9H2,1-4H3. The number of nitrogens with one attached hydrogen (secondary N) is 1. The van der Waals surface area contributed by atoms with Gasteiger partial charge in [-0.25, -0.2) is 0 Å². The Bertz CT molecular complexity index is 521. The molecule has 0 aliphatic carbocycles. The van der Waals surface area contributed by atoms with E-state index in [4.69, 9.17) is 4.74 Å². The first-order valence-electron chi connectivity index (χ1n) is 6.13. The number of ether oxygens (including phenoxy) is 1. The fourth-order valence-corrected chi connectivity index (χ4v) is 2.48. The molecule has 98 valence electrons. The van der Waals surface area contributed by atoms with Crippen molar-refractivity contribution >= 4 is 21.6 Å². The number of hydrogen-bond donors (Lipinski definition) is 1. The van der Waals surface area contributed by atoms with Crippen LogP contribution in [0.25, 0.3) is 10.2 Å². The maximum atomic E-state index is 5.41. The second-order valence-corrected chi connectivity index (χ2v) is 6.09. The van der Waals surface area contributed by atoms with Crippen LogP contribution in [-0.2, 0) is 4.74 Å². The summed E-state index contributed by atoms with van der Waals surface area (Å²) in [5.41, 5.74) is 2.15. The van der Waals surface area contributed by atoms with Gasteiger partial charge in [0.25, 0.3) is 0 Å². The number of pyridine rings is 1. The topological polar surface area (TPSA) is 34.1 Å². The van der Waals surface area contributed by atoms with E-state index in [1.165, 1.54) is 10.3 Å². The molecule has 2 aromatic rings. The molecule has 4 heteroatoms. The predicted molar refractivity (Wildman–Crippen MR) is 77.1 cm³/mol. The van der Waals surface area contributed by atoms with Gasteiger partial charge in [0.2, 0.25) is 0 Å². The molecule has 1 unspecified atom stereocenters. The van der Waals surface area contributed by atoms with Crippen molar-refractivity contribution in [3.8, 4) is 0 Å². The van der Waals surface area contributed by atoms with Crippen LogP contribution in [0.2, 0.25) is 0 Å². The van der Waals surface area contributed by atoms with Gasteiger partial charge in [-0.15, -0.1) is 11.3 Å². The number of fused-ring (bicyclic) bond motifs is 1. The monoisotopic (exact) mass is 264 g/mol. The summed E-state index contributed by atoms with van der Waals surface area (Å²) in [7, 11) is 1.74. The van der Waals surface area contributed by atoms with Gasteiger partial charge >= 0.3 is 0 Å². The Morgan fingerprint density at radius 2 is 2.28 bits per heavy atom. The second kappa shape index (κ2) is 5.34. The van der Waals surface area contributed by atoms with Crippen LogP contribution in [0.4, 0.5) is 0 Å². The molecule has 0 bridgehead atoms. The molecular weight excluding hydrogens is 244 g/mol. The third-order valence-electron chi connectivity index (χ3n) is 3.21. The van der Waals surface area contributed by atoms with E-state index < -0.39 is 0 Å². The van der Waals surface area contributed by atoms with E-state index in [0.717, 1.165) is 12.1 Å². The van der Waals surface area contributed by atoms with Gasteiger partial charge in [-0.2, -0.15) is 0 Å². The summed E-state index contributed by atoms with van der Waals surface area (Å²) in [6, 6.07) is 4.54. The zero-order valence-corrected chi connectivity index (χ0v) is 12.2. The van der Waals surface area contributed by atoms with E-state index >= 15 is 0 Å². The molecule has 0 amide bonds. The lowest BCUT2D eigenvalue weighted by atomic mass is 10.1. The Balaban J connectivity index is 2.06. The fraction of sp³-hybridized carbons (Fsp3) is 0.500. The first-order valence-corrected chi connectivity index (χ1v) is 7.01. The van der Waals surface area contributed by atoms with Crippen LogP contribution in [0.1, 0.15) is 32.4 Å². The van der Waals surface area contributed by atoms with Crippen molar-refractivity contribution in [1.82, 2.24) is 10.3 Å². The van der Waals surface area contributed by atoms with Crippen molar-refractivity contribution in [3.05, 3.63) is 29.3 Å². The Morgan fingerprint density at radius 1 is 1.50 bits per heavy atom. The minimum atomic E-state index is -0.144. The van der Waals surface area contributed by atoms with Crippen LogP contribution in [0.15, 0.2) is 23.7 Å². The fourth-order valence-electron chi connectivity index (χ4n) is 1.69. The highest BCUT2D eigenvalue weighted by Gasteiger charge is 2.17. The van der Waals surface area contributed by atoms with Crippen molar-refractivity contribution in [3.63, 3.8) is 0 Å². The molecule has 0 aliphatic heterocycles. The lowest BCUT2D eigenvalue weighted by Gasteiger charge is -2.25. The molecule has 1 N–H and O–H groups in total. The first-order chi connectivity index (χ1) is 8.52. The third kappa shape index (κ3) is 3.07. The zero-order chi connectivity index (χ0) is 13.2. The quantitative estimate of drug-likeness (QED) is 0.899. The summed E-state index contributed by atoms with van der Waals surface area (Å²) in [5, 5.41) is 5.56. The highest BCUT2D eigenvalue weighted by Crippen LogP contribution is 2.22. The number of methoxy groups -OCH3 is 1. The molecular formula is C14H20N2OS. The molecule has 2 aromatic heterocycles. The van der Waals surface area contributed by atoms with Gasteiger partial charge in [-0.05, 0) is 43.8 Å². The molecule has 0 spiro atoms. The summed E-state index contributed by atoms with van der Waals surface area (Å²) < 4.78 is 6.65. The SMILES string of the molecule is COC(C)(C)CNC(C)c1cnc2ccsc2c1. The van der Waals surface area contributed by atoms with Gasteiger partial charge in [0.1, 0.15) is 0 Å². The Hall–Kier alpha value is -0.970. The minimum absolute atomic E-state index is 0.144. The Kier molecular flexibility index (Phi) is 4.00. The van der Waals surface area contributed by atoms with E-state index in [0.29, 0.717) is 0 Å². The van der Waals surface area contributed by atoms with Gasteiger partial charge in [0.15, 0.2) is 0 Å². The molecule has 18 heavy (non-hydrogen) atoms. The number of aromatic nitrogens is 1. The highest BCUT2D eigenvalue weighted by atomic mass is 32.1. The van der Waals surface area contributed by atoms with Crippen LogP contribution in [0.5, 0.6) is 0 Å². The van der Waals surface area contributed by atoms with Crippen molar-refractivity contribution in [2.45, 2.75) is 32.4 Å². The van der Waals surface area contributed by atoms with Crippen LogP contribution >= 0.6 is 11.3 Å². The Morgan fingerprint density at radius 3 is 3.00 bits per heavy atom. The van der Waals surface area contributed by atoms with Crippen molar-refractivity contribution in [2.75, 3.05) is 13.7 Å². The van der Waals surface area contributed by atoms with E-state index in [1.807, 2.05) is 6.20 Å². The summed E-state index contributed by atoms with van der Waals surface area (Å²) in [4.78, 5) is 4.47. The van der Waals surface area contributed by atoms with Gasteiger partial charge < -0.3 is 10.1 Å². The predicted octanol–water partition coefficient (Wildman–Crippen LogP) is 3.37. The molecule has 0 saturated heterocycles. The van der Waals surface area contributed by atoms with Crippen LogP contribution in [0, 0.1) is 0 Å². The van der Waals surface area contributed by atoms with E-state index in [1.54, 1.807) is 18.4 Å². The van der Waals surface area contributed by atoms with Crippen LogP contribution in [0.3, 0.4) is 0 Å². The average Bonchev–Trinajstić information content (AvgIpc) is 2.83. The first kappa shape index (κ1) is 13.5. The number of nitrogens with zero attached hydrogens (tertiary/aromatic N) is 1. The van der Waals surface area contributed by atoms with Gasteiger partial charge in [0.05, 0.1) is 15.8 Å². The van der Waals surface area contributed by atoms with E-state index in [2.05, 4.69) is 48.6 Å². The van der Waals surface area contributed by atoms with Gasteiger partial charge in [0, 0.05) is 25.9 Å². The maximum absolute atomic E-state index is 5.41. The highest BCUT2D eigenvalue weighted by molar-refractivity contribution is 7.17.